The van der Waals surface area contributed by atoms with E-state index >= 15 is 0 Å². The van der Waals surface area contributed by atoms with E-state index in [9.17, 15) is 42.3 Å². The standard InChI is InChI=1S/C32H38F3N7O7/c1-17(2)24(40-29(48)31-42-41-30(49-31)20-12-8-5-9-13-20)28(47)39-22(16-19-10-6-4-7-11-19)27(46)37-18(3)26(45)38-21(14-15-23(36)43)25(44)32(33,34)35/h4-13,17-18,21-22,24-25,44H,14-16H2,1-3H3,(H2,36,43)(H,37,46)(H,38,45)(H,39,47)(H,40,48)/t18-,21?,22-,24-,25?/m0/s1. The second-order valence-corrected chi connectivity index (χ2v) is 11.6. The predicted octanol–water partition coefficient (Wildman–Crippen LogP) is 1.40. The molecule has 3 rings (SSSR count). The number of aromatic nitrogens is 2. The number of aliphatic hydroxyl groups excluding tert-OH is 1. The van der Waals surface area contributed by atoms with Gasteiger partial charge in [-0.05, 0) is 37.0 Å². The van der Waals surface area contributed by atoms with Crippen LogP contribution in [0.25, 0.3) is 11.5 Å². The molecule has 5 amide bonds. The summed E-state index contributed by atoms with van der Waals surface area (Å²) >= 11 is 0. The van der Waals surface area contributed by atoms with Crippen molar-refractivity contribution in [3.8, 4) is 11.5 Å². The van der Waals surface area contributed by atoms with Gasteiger partial charge in [-0.15, -0.1) is 10.2 Å². The molecule has 0 saturated heterocycles. The first kappa shape index (κ1) is 38.1. The number of carbonyl (C=O) groups excluding carboxylic acids is 5. The Labute approximate surface area is 279 Å². The van der Waals surface area contributed by atoms with Crippen LogP contribution in [0.4, 0.5) is 13.2 Å². The fourth-order valence-corrected chi connectivity index (χ4v) is 4.59. The number of aliphatic hydroxyl groups is 1. The molecule has 1 heterocycles. The molecule has 7 N–H and O–H groups in total. The molecular weight excluding hydrogens is 651 g/mol. The third-order valence-corrected chi connectivity index (χ3v) is 7.29. The summed E-state index contributed by atoms with van der Waals surface area (Å²) in [7, 11) is 0. The summed E-state index contributed by atoms with van der Waals surface area (Å²) in [6.07, 6.45) is -9.37. The van der Waals surface area contributed by atoms with Crippen LogP contribution in [0.2, 0.25) is 0 Å². The minimum Gasteiger partial charge on any atom is -0.412 e. The van der Waals surface area contributed by atoms with Crippen LogP contribution in [0, 0.1) is 5.92 Å². The summed E-state index contributed by atoms with van der Waals surface area (Å²) in [5.74, 6) is -5.34. The van der Waals surface area contributed by atoms with Crippen LogP contribution >= 0.6 is 0 Å². The van der Waals surface area contributed by atoms with Crippen LogP contribution in [0.3, 0.4) is 0 Å². The van der Waals surface area contributed by atoms with Crippen molar-refractivity contribution in [3.63, 3.8) is 0 Å². The van der Waals surface area contributed by atoms with Gasteiger partial charge in [-0.1, -0.05) is 62.4 Å². The van der Waals surface area contributed by atoms with Gasteiger partial charge in [-0.25, -0.2) is 0 Å². The number of benzene rings is 2. The van der Waals surface area contributed by atoms with Gasteiger partial charge in [0.15, 0.2) is 6.10 Å². The number of nitrogens with two attached hydrogens (primary N) is 1. The first-order valence-electron chi connectivity index (χ1n) is 15.2. The van der Waals surface area contributed by atoms with E-state index in [-0.39, 0.29) is 12.3 Å². The van der Waals surface area contributed by atoms with Crippen LogP contribution in [-0.2, 0) is 25.6 Å². The minimum absolute atomic E-state index is 0.0658. The van der Waals surface area contributed by atoms with Gasteiger partial charge in [0.05, 0.1) is 6.04 Å². The van der Waals surface area contributed by atoms with Gasteiger partial charge in [-0.2, -0.15) is 13.2 Å². The Bertz CT molecular complexity index is 1590. The van der Waals surface area contributed by atoms with Gasteiger partial charge in [0.25, 0.3) is 0 Å². The zero-order valence-corrected chi connectivity index (χ0v) is 26.9. The van der Waals surface area contributed by atoms with Gasteiger partial charge < -0.3 is 36.5 Å². The fraction of sp³-hybridized carbons (Fsp3) is 0.406. The maximum Gasteiger partial charge on any atom is 0.416 e. The van der Waals surface area contributed by atoms with E-state index in [4.69, 9.17) is 10.2 Å². The highest BCUT2D eigenvalue weighted by Crippen LogP contribution is 2.24. The number of nitrogens with one attached hydrogen (secondary N) is 4. The highest BCUT2D eigenvalue weighted by atomic mass is 19.4. The lowest BCUT2D eigenvalue weighted by Crippen LogP contribution is -2.59. The molecule has 0 fully saturated rings. The van der Waals surface area contributed by atoms with Gasteiger partial charge in [0.1, 0.15) is 18.1 Å². The molecule has 2 unspecified atom stereocenters. The van der Waals surface area contributed by atoms with E-state index in [1.165, 1.54) is 6.92 Å². The Kier molecular flexibility index (Phi) is 13.4. The number of amides is 5. The van der Waals surface area contributed by atoms with Crippen molar-refractivity contribution in [1.29, 1.82) is 0 Å². The number of rotatable bonds is 16. The second kappa shape index (κ2) is 17.2. The Hall–Kier alpha value is -5.32. The van der Waals surface area contributed by atoms with Gasteiger partial charge in [0.2, 0.25) is 29.5 Å². The van der Waals surface area contributed by atoms with Crippen LogP contribution in [0.15, 0.2) is 65.1 Å². The van der Waals surface area contributed by atoms with Gasteiger partial charge >= 0.3 is 18.0 Å². The number of hydrogen-bond acceptors (Lipinski definition) is 9. The molecule has 0 saturated carbocycles. The molecule has 3 aromatic rings. The summed E-state index contributed by atoms with van der Waals surface area (Å²) in [6, 6.07) is 11.3. The van der Waals surface area contributed by atoms with Gasteiger partial charge in [-0.3, -0.25) is 24.0 Å². The molecule has 1 aromatic heterocycles. The molecular formula is C32H38F3N7O7. The number of halogens is 3. The Morgan fingerprint density at radius 2 is 1.45 bits per heavy atom. The number of primary amides is 1. The zero-order valence-electron chi connectivity index (χ0n) is 26.9. The summed E-state index contributed by atoms with van der Waals surface area (Å²) in [4.78, 5) is 64.0. The Morgan fingerprint density at radius 3 is 2.02 bits per heavy atom. The van der Waals surface area contributed by atoms with Crippen molar-refractivity contribution in [2.75, 3.05) is 0 Å². The molecule has 14 nitrogen and oxygen atoms in total. The van der Waals surface area contributed by atoms with E-state index in [2.05, 4.69) is 26.1 Å². The maximum atomic E-state index is 13.5. The van der Waals surface area contributed by atoms with E-state index in [0.717, 1.165) is 0 Å². The molecule has 0 spiro atoms. The van der Waals surface area contributed by atoms with Crippen molar-refractivity contribution in [2.45, 2.75) is 76.5 Å². The second-order valence-electron chi connectivity index (χ2n) is 11.6. The van der Waals surface area contributed by atoms with E-state index in [0.29, 0.717) is 11.1 Å². The molecule has 264 valence electrons. The smallest absolute Gasteiger partial charge is 0.412 e. The van der Waals surface area contributed by atoms with E-state index in [1.54, 1.807) is 74.5 Å². The van der Waals surface area contributed by atoms with Crippen molar-refractivity contribution >= 4 is 29.5 Å². The highest BCUT2D eigenvalue weighted by molar-refractivity contribution is 5.97. The molecule has 0 aliphatic carbocycles. The van der Waals surface area contributed by atoms with Crippen molar-refractivity contribution < 1.29 is 46.7 Å². The number of nitrogens with zero attached hydrogens (tertiary/aromatic N) is 2. The number of hydrogen-bond donors (Lipinski definition) is 6. The molecule has 17 heteroatoms. The van der Waals surface area contributed by atoms with Crippen LogP contribution < -0.4 is 27.0 Å². The summed E-state index contributed by atoms with van der Waals surface area (Å²) in [5.41, 5.74) is 6.21. The third-order valence-electron chi connectivity index (χ3n) is 7.29. The first-order valence-corrected chi connectivity index (χ1v) is 15.2. The highest BCUT2D eigenvalue weighted by Gasteiger charge is 2.44. The van der Waals surface area contributed by atoms with Crippen molar-refractivity contribution in [1.82, 2.24) is 31.5 Å². The monoisotopic (exact) mass is 689 g/mol. The average molecular weight is 690 g/mol. The number of carbonyl (C=O) groups is 5. The van der Waals surface area contributed by atoms with E-state index in [1.807, 2.05) is 5.32 Å². The lowest BCUT2D eigenvalue weighted by atomic mass is 10.0. The van der Waals surface area contributed by atoms with Crippen molar-refractivity contribution in [3.05, 3.63) is 72.1 Å². The SMILES string of the molecule is CC(C)[C@H](NC(=O)c1nnc(-c2ccccc2)o1)C(=O)N[C@@H](Cc1ccccc1)C(=O)N[C@@H](C)C(=O)NC(CCC(N)=O)C(O)C(F)(F)F. The predicted molar refractivity (Wildman–Crippen MR) is 168 cm³/mol. The molecule has 0 aliphatic heterocycles. The van der Waals surface area contributed by atoms with Crippen LogP contribution in [0.1, 0.15) is 49.9 Å². The normalized spacial score (nSPS) is 14.5. The minimum atomic E-state index is -5.12. The first-order chi connectivity index (χ1) is 23.1. The number of alkyl halides is 3. The molecule has 0 aliphatic rings. The molecule has 0 radical (unpaired) electrons. The van der Waals surface area contributed by atoms with Crippen molar-refractivity contribution in [2.24, 2.45) is 11.7 Å². The molecule has 49 heavy (non-hydrogen) atoms. The Morgan fingerprint density at radius 1 is 0.837 bits per heavy atom. The molecule has 5 atom stereocenters. The fourth-order valence-electron chi connectivity index (χ4n) is 4.59. The topological polar surface area (TPSA) is 219 Å². The lowest BCUT2D eigenvalue weighted by molar-refractivity contribution is -0.212. The molecule has 2 aromatic carbocycles. The quantitative estimate of drug-likeness (QED) is 0.128. The lowest BCUT2D eigenvalue weighted by Gasteiger charge is -2.28. The van der Waals surface area contributed by atoms with Gasteiger partial charge in [0, 0.05) is 18.4 Å². The van der Waals surface area contributed by atoms with Crippen LogP contribution in [-0.4, -0.2) is 81.3 Å². The Balaban J connectivity index is 1.74. The summed E-state index contributed by atoms with van der Waals surface area (Å²) < 4.78 is 45.1. The summed E-state index contributed by atoms with van der Waals surface area (Å²) in [6.45, 7) is 4.48. The maximum absolute atomic E-state index is 13.5. The average Bonchev–Trinajstić information content (AvgIpc) is 3.55. The van der Waals surface area contributed by atoms with Crippen LogP contribution in [0.5, 0.6) is 0 Å². The summed E-state index contributed by atoms with van der Waals surface area (Å²) in [5, 5.41) is 26.9. The third kappa shape index (κ3) is 11.4. The largest absolute Gasteiger partial charge is 0.416 e. The van der Waals surface area contributed by atoms with E-state index < -0.39 is 90.6 Å². The molecule has 0 bridgehead atoms. The zero-order chi connectivity index (χ0) is 36.3.